The lowest BCUT2D eigenvalue weighted by atomic mass is 9.43. The van der Waals surface area contributed by atoms with Crippen LogP contribution in [-0.2, 0) is 5.41 Å². The minimum absolute atomic E-state index is 0.157. The summed E-state index contributed by atoms with van der Waals surface area (Å²) in [4.78, 5) is 0. The molecule has 4 fully saturated rings. The van der Waals surface area contributed by atoms with Gasteiger partial charge in [0.15, 0.2) is 0 Å². The summed E-state index contributed by atoms with van der Waals surface area (Å²) in [5.74, 6) is 3.40. The minimum Gasteiger partial charge on any atom is -0.0836 e. The van der Waals surface area contributed by atoms with E-state index in [2.05, 4.69) is 103 Å². The van der Waals surface area contributed by atoms with E-state index in [4.69, 9.17) is 11.6 Å². The van der Waals surface area contributed by atoms with Crippen LogP contribution in [0, 0.1) is 23.7 Å². The number of hydrogen-bond donors (Lipinski definition) is 0. The maximum atomic E-state index is 7.09. The Bertz CT molecular complexity index is 1750. The van der Waals surface area contributed by atoms with Crippen LogP contribution < -0.4 is 0 Å². The first-order valence-electron chi connectivity index (χ1n) is 14.7. The summed E-state index contributed by atoms with van der Waals surface area (Å²) in [5.41, 5.74) is 11.2. The quantitative estimate of drug-likeness (QED) is 0.216. The Kier molecular flexibility index (Phi) is 4.66. The Morgan fingerprint density at radius 2 is 1.23 bits per heavy atom. The molecule has 0 radical (unpaired) electrons. The van der Waals surface area contributed by atoms with Crippen molar-refractivity contribution < 1.29 is 0 Å². The number of benzene rings is 5. The zero-order valence-electron chi connectivity index (χ0n) is 22.0. The third-order valence-electron chi connectivity index (χ3n) is 10.9. The van der Waals surface area contributed by atoms with Gasteiger partial charge in [-0.15, -0.1) is 0 Å². The van der Waals surface area contributed by atoms with Crippen molar-refractivity contribution in [1.29, 1.82) is 0 Å². The molecule has 39 heavy (non-hydrogen) atoms. The molecule has 4 saturated carbocycles. The molecule has 0 unspecified atom stereocenters. The summed E-state index contributed by atoms with van der Waals surface area (Å²) in [6.45, 7) is 0. The van der Waals surface area contributed by atoms with Crippen molar-refractivity contribution in [2.75, 3.05) is 0 Å². The van der Waals surface area contributed by atoms with Crippen molar-refractivity contribution in [3.63, 3.8) is 0 Å². The van der Waals surface area contributed by atoms with Gasteiger partial charge in [-0.2, -0.15) is 0 Å². The largest absolute Gasteiger partial charge is 0.0836 e. The Balaban J connectivity index is 1.39. The van der Waals surface area contributed by atoms with Crippen LogP contribution in [0.25, 0.3) is 44.2 Å². The average Bonchev–Trinajstić information content (AvgIpc) is 3.25. The summed E-state index contributed by atoms with van der Waals surface area (Å²) in [6, 6.07) is 38.4. The fourth-order valence-electron chi connectivity index (χ4n) is 9.78. The average molecular weight is 523 g/mol. The van der Waals surface area contributed by atoms with Crippen LogP contribution >= 0.6 is 11.6 Å². The maximum Gasteiger partial charge on any atom is 0.0491 e. The highest BCUT2D eigenvalue weighted by molar-refractivity contribution is 6.35. The molecule has 0 amide bonds. The van der Waals surface area contributed by atoms with Crippen molar-refractivity contribution in [2.24, 2.45) is 23.7 Å². The first-order valence-corrected chi connectivity index (χ1v) is 15.1. The highest BCUT2D eigenvalue weighted by atomic mass is 35.5. The van der Waals surface area contributed by atoms with Gasteiger partial charge in [-0.1, -0.05) is 96.5 Å². The molecule has 0 N–H and O–H groups in total. The van der Waals surface area contributed by atoms with Crippen LogP contribution in [0.15, 0.2) is 103 Å². The van der Waals surface area contributed by atoms with E-state index in [0.29, 0.717) is 0 Å². The van der Waals surface area contributed by atoms with Gasteiger partial charge in [-0.05, 0) is 124 Å². The molecule has 1 spiro atoms. The van der Waals surface area contributed by atoms with Crippen molar-refractivity contribution in [1.82, 2.24) is 0 Å². The van der Waals surface area contributed by atoms with Crippen molar-refractivity contribution in [2.45, 2.75) is 37.5 Å². The predicted octanol–water partition coefficient (Wildman–Crippen LogP) is 10.5. The Morgan fingerprint density at radius 1 is 0.538 bits per heavy atom. The third kappa shape index (κ3) is 2.96. The first kappa shape index (κ1) is 22.5. The number of halogens is 1. The molecule has 0 atom stereocenters. The zero-order valence-corrected chi connectivity index (χ0v) is 22.8. The van der Waals surface area contributed by atoms with E-state index in [1.807, 2.05) is 0 Å². The molecule has 0 nitrogen and oxygen atoms in total. The summed E-state index contributed by atoms with van der Waals surface area (Å²) in [5, 5.41) is 3.27. The lowest BCUT2D eigenvalue weighted by Crippen LogP contribution is -2.55. The normalized spacial score (nSPS) is 27.7. The summed E-state index contributed by atoms with van der Waals surface area (Å²) in [7, 11) is 0. The van der Waals surface area contributed by atoms with E-state index in [1.165, 1.54) is 70.7 Å². The number of rotatable bonds is 2. The predicted molar refractivity (Wildman–Crippen MR) is 163 cm³/mol. The SMILES string of the molecule is Clc1ccc2ccccc2c1-c1cc2c(cc1-c1ccccc1)C1(c3ccccc3-2)C2CC3CC(C2)CC1C3. The molecule has 0 saturated heterocycles. The van der Waals surface area contributed by atoms with Crippen molar-refractivity contribution in [3.8, 4) is 33.4 Å². The van der Waals surface area contributed by atoms with Crippen LogP contribution in [0.3, 0.4) is 0 Å². The van der Waals surface area contributed by atoms with Gasteiger partial charge in [0.2, 0.25) is 0 Å². The van der Waals surface area contributed by atoms with Crippen LogP contribution in [0.2, 0.25) is 5.02 Å². The van der Waals surface area contributed by atoms with Gasteiger partial charge in [0.1, 0.15) is 0 Å². The highest BCUT2D eigenvalue weighted by Crippen LogP contribution is 2.70. The standard InChI is InChI=1S/C38H31Cl/c39-36-15-14-26-10-4-5-11-29(26)37(36)33-21-32-30-12-6-7-13-34(30)38(27-17-23-16-24(19-27)20-28(38)18-23)35(32)22-31(33)25-8-2-1-3-9-25/h1-15,21-24,27-28H,16-20H2. The fraction of sp³-hybridized carbons (Fsp3) is 0.263. The molecule has 5 aromatic carbocycles. The van der Waals surface area contributed by atoms with Gasteiger partial charge in [-0.3, -0.25) is 0 Å². The van der Waals surface area contributed by atoms with Gasteiger partial charge in [0.25, 0.3) is 0 Å². The Morgan fingerprint density at radius 3 is 2.03 bits per heavy atom. The van der Waals surface area contributed by atoms with E-state index >= 15 is 0 Å². The van der Waals surface area contributed by atoms with Gasteiger partial charge < -0.3 is 0 Å². The Hall–Kier alpha value is -3.35. The van der Waals surface area contributed by atoms with Crippen LogP contribution in [0.1, 0.15) is 43.2 Å². The first-order chi connectivity index (χ1) is 19.2. The second-order valence-electron chi connectivity index (χ2n) is 12.7. The fourth-order valence-corrected chi connectivity index (χ4v) is 10.0. The smallest absolute Gasteiger partial charge is 0.0491 e. The van der Waals surface area contributed by atoms with Gasteiger partial charge in [-0.25, -0.2) is 0 Å². The molecule has 0 aromatic heterocycles. The van der Waals surface area contributed by atoms with Crippen LogP contribution in [-0.4, -0.2) is 0 Å². The molecule has 5 aliphatic rings. The molecule has 5 aromatic rings. The lowest BCUT2D eigenvalue weighted by molar-refractivity contribution is -0.0399. The Labute approximate surface area is 235 Å². The van der Waals surface area contributed by atoms with Gasteiger partial charge in [0, 0.05) is 16.0 Å². The van der Waals surface area contributed by atoms with E-state index in [-0.39, 0.29) is 5.41 Å². The third-order valence-corrected chi connectivity index (χ3v) is 11.2. The molecule has 10 rings (SSSR count). The molecule has 4 bridgehead atoms. The van der Waals surface area contributed by atoms with E-state index in [0.717, 1.165) is 34.3 Å². The molecular weight excluding hydrogens is 492 g/mol. The van der Waals surface area contributed by atoms with Gasteiger partial charge >= 0.3 is 0 Å². The maximum absolute atomic E-state index is 7.09. The minimum atomic E-state index is 0.157. The van der Waals surface area contributed by atoms with Crippen molar-refractivity contribution >= 4 is 22.4 Å². The van der Waals surface area contributed by atoms with E-state index < -0.39 is 0 Å². The van der Waals surface area contributed by atoms with Crippen LogP contribution in [0.5, 0.6) is 0 Å². The van der Waals surface area contributed by atoms with E-state index in [1.54, 1.807) is 11.1 Å². The van der Waals surface area contributed by atoms with Crippen LogP contribution in [0.4, 0.5) is 0 Å². The highest BCUT2D eigenvalue weighted by Gasteiger charge is 2.61. The summed E-state index contributed by atoms with van der Waals surface area (Å²) in [6.07, 6.45) is 7.08. The summed E-state index contributed by atoms with van der Waals surface area (Å²) >= 11 is 7.09. The lowest BCUT2D eigenvalue weighted by Gasteiger charge is -2.61. The zero-order chi connectivity index (χ0) is 25.7. The number of fused-ring (bicyclic) bond motifs is 4. The molecule has 190 valence electrons. The molecule has 0 heterocycles. The second kappa shape index (κ2) is 8.09. The second-order valence-corrected chi connectivity index (χ2v) is 13.1. The molecule has 1 heteroatoms. The number of hydrogen-bond acceptors (Lipinski definition) is 0. The van der Waals surface area contributed by atoms with Gasteiger partial charge in [0.05, 0.1) is 0 Å². The molecular formula is C38H31Cl. The molecule has 0 aliphatic heterocycles. The molecule has 5 aliphatic carbocycles. The van der Waals surface area contributed by atoms with Crippen molar-refractivity contribution in [3.05, 3.63) is 119 Å². The summed E-state index contributed by atoms with van der Waals surface area (Å²) < 4.78 is 0. The topological polar surface area (TPSA) is 0 Å². The monoisotopic (exact) mass is 522 g/mol. The van der Waals surface area contributed by atoms with E-state index in [9.17, 15) is 0 Å².